The zero-order chi connectivity index (χ0) is 22.0. The summed E-state index contributed by atoms with van der Waals surface area (Å²) in [5, 5.41) is 9.57. The number of carbonyl (C=O) groups is 1. The minimum Gasteiger partial charge on any atom is -0.347 e. The third-order valence-corrected chi connectivity index (χ3v) is 8.86. The Bertz CT molecular complexity index is 946. The molecule has 3 fully saturated rings. The first-order valence-corrected chi connectivity index (χ1v) is 14.6. The van der Waals surface area contributed by atoms with Gasteiger partial charge in [0.1, 0.15) is 14.1 Å². The van der Waals surface area contributed by atoms with Crippen LogP contribution in [0.5, 0.6) is 0 Å². The Morgan fingerprint density at radius 3 is 2.37 bits per heavy atom. The molecule has 30 heavy (non-hydrogen) atoms. The highest BCUT2D eigenvalue weighted by Crippen LogP contribution is 2.68. The number of allylic oxidation sites excluding steroid dienone is 4. The van der Waals surface area contributed by atoms with Crippen LogP contribution in [0.2, 0.25) is 19.6 Å². The second-order valence-electron chi connectivity index (χ2n) is 11.2. The van der Waals surface area contributed by atoms with Crippen molar-refractivity contribution in [2.75, 3.05) is 13.2 Å². The molecule has 0 radical (unpaired) electrons. The van der Waals surface area contributed by atoms with E-state index in [4.69, 9.17) is 9.47 Å². The first-order valence-electron chi connectivity index (χ1n) is 11.1. The fraction of sp³-hybridized carbons (Fsp3) is 0.680. The summed E-state index contributed by atoms with van der Waals surface area (Å²) in [7, 11) is -1.62. The maximum absolute atomic E-state index is 12.8. The van der Waals surface area contributed by atoms with Gasteiger partial charge < -0.3 is 9.47 Å². The molecule has 0 aromatic heterocycles. The zero-order valence-corrected chi connectivity index (χ0v) is 20.1. The molecule has 0 amide bonds. The van der Waals surface area contributed by atoms with Crippen molar-refractivity contribution in [1.29, 1.82) is 5.26 Å². The average Bonchev–Trinajstić information content (AvgIpc) is 3.15. The van der Waals surface area contributed by atoms with Crippen LogP contribution in [-0.4, -0.2) is 32.9 Å². The number of ketones is 1. The van der Waals surface area contributed by atoms with Gasteiger partial charge in [0.15, 0.2) is 11.6 Å². The van der Waals surface area contributed by atoms with E-state index in [1.807, 2.05) is 6.08 Å². The summed E-state index contributed by atoms with van der Waals surface area (Å²) in [5.41, 5.74) is 4.03. The molecule has 3 atom stereocenters. The summed E-state index contributed by atoms with van der Waals surface area (Å²) in [6.07, 6.45) is 7.15. The first-order chi connectivity index (χ1) is 13.9. The Morgan fingerprint density at radius 1 is 1.10 bits per heavy atom. The second kappa shape index (κ2) is 6.67. The quantitative estimate of drug-likeness (QED) is 0.415. The third-order valence-electron chi connectivity index (χ3n) is 7.99. The number of rotatable bonds is 0. The molecule has 0 unspecified atom stereocenters. The number of hydrogen-bond acceptors (Lipinski definition) is 4. The molecule has 1 spiro atoms. The van der Waals surface area contributed by atoms with E-state index in [2.05, 4.69) is 57.9 Å². The van der Waals surface area contributed by atoms with Crippen molar-refractivity contribution in [1.82, 2.24) is 0 Å². The van der Waals surface area contributed by atoms with Crippen molar-refractivity contribution in [3.8, 4) is 17.5 Å². The van der Waals surface area contributed by atoms with E-state index < -0.39 is 19.3 Å². The largest absolute Gasteiger partial charge is 0.347 e. The van der Waals surface area contributed by atoms with Crippen LogP contribution in [0, 0.1) is 45.0 Å². The van der Waals surface area contributed by atoms with Crippen LogP contribution in [0.1, 0.15) is 46.5 Å². The summed E-state index contributed by atoms with van der Waals surface area (Å²) in [4.78, 5) is 12.8. The van der Waals surface area contributed by atoms with Crippen molar-refractivity contribution in [3.63, 3.8) is 0 Å². The van der Waals surface area contributed by atoms with Gasteiger partial charge in [-0.3, -0.25) is 4.79 Å². The van der Waals surface area contributed by atoms with Gasteiger partial charge in [0.2, 0.25) is 0 Å². The zero-order valence-electron chi connectivity index (χ0n) is 19.1. The summed E-state index contributed by atoms with van der Waals surface area (Å²) >= 11 is 0. The average molecular weight is 424 g/mol. The Balaban J connectivity index is 1.85. The predicted molar refractivity (Wildman–Crippen MR) is 119 cm³/mol. The van der Waals surface area contributed by atoms with Gasteiger partial charge in [0.05, 0.1) is 24.2 Å². The van der Waals surface area contributed by atoms with E-state index in [9.17, 15) is 10.1 Å². The van der Waals surface area contributed by atoms with Crippen LogP contribution in [0.15, 0.2) is 23.3 Å². The fourth-order valence-electron chi connectivity index (χ4n) is 6.49. The fourth-order valence-corrected chi connectivity index (χ4v) is 7.09. The third kappa shape index (κ3) is 2.98. The van der Waals surface area contributed by atoms with Crippen LogP contribution in [0.3, 0.4) is 0 Å². The van der Waals surface area contributed by atoms with E-state index in [1.165, 1.54) is 0 Å². The number of hydrogen-bond donors (Lipinski definition) is 0. The van der Waals surface area contributed by atoms with Crippen LogP contribution >= 0.6 is 0 Å². The molecule has 3 aliphatic carbocycles. The molecular weight excluding hydrogens is 390 g/mol. The Morgan fingerprint density at radius 2 is 1.77 bits per heavy atom. The van der Waals surface area contributed by atoms with E-state index in [1.54, 1.807) is 6.08 Å². The minimum absolute atomic E-state index is 0.175. The summed E-state index contributed by atoms with van der Waals surface area (Å²) in [6, 6.07) is 2.12. The van der Waals surface area contributed by atoms with Crippen LogP contribution in [0.4, 0.5) is 0 Å². The molecule has 4 rings (SSSR count). The van der Waals surface area contributed by atoms with Crippen molar-refractivity contribution in [2.45, 2.75) is 71.9 Å². The lowest BCUT2D eigenvalue weighted by atomic mass is 9.43. The van der Waals surface area contributed by atoms with Crippen molar-refractivity contribution < 1.29 is 14.3 Å². The lowest BCUT2D eigenvalue weighted by molar-refractivity contribution is -0.283. The van der Waals surface area contributed by atoms with Crippen molar-refractivity contribution in [3.05, 3.63) is 23.3 Å². The molecule has 0 N–H and O–H groups in total. The monoisotopic (exact) mass is 423 g/mol. The Labute approximate surface area is 181 Å². The van der Waals surface area contributed by atoms with E-state index in [-0.39, 0.29) is 22.2 Å². The number of fused-ring (bicyclic) bond motifs is 3. The molecule has 1 aliphatic heterocycles. The summed E-state index contributed by atoms with van der Waals surface area (Å²) < 4.78 is 12.4. The number of carbonyl (C=O) groups excluding carboxylic acids is 1. The van der Waals surface area contributed by atoms with Crippen LogP contribution < -0.4 is 0 Å². The number of ether oxygens (including phenoxy) is 2. The van der Waals surface area contributed by atoms with E-state index >= 15 is 0 Å². The standard InChI is InChI=1S/C25H33NO3Si/c1-22(2)20-7-8-24(11-14-30(4,5)6)16-18(17-26)19(27)15-21(24)23(20,3)9-10-25(22)28-12-13-29-25/h15-16,20H,7-10,12-13H2,1-6H3/t20-,23-,24+/m0/s1. The number of nitriles is 1. The smallest absolute Gasteiger partial charge is 0.196 e. The predicted octanol–water partition coefficient (Wildman–Crippen LogP) is 4.79. The van der Waals surface area contributed by atoms with Crippen molar-refractivity contribution in [2.24, 2.45) is 22.2 Å². The summed E-state index contributed by atoms with van der Waals surface area (Å²) in [6.45, 7) is 14.8. The van der Waals surface area contributed by atoms with Crippen LogP contribution in [-0.2, 0) is 14.3 Å². The Hall–Kier alpha value is -1.66. The van der Waals surface area contributed by atoms with Gasteiger partial charge in [0, 0.05) is 11.8 Å². The van der Waals surface area contributed by atoms with Crippen molar-refractivity contribution >= 4 is 13.9 Å². The molecule has 0 bridgehead atoms. The molecule has 160 valence electrons. The van der Waals surface area contributed by atoms with E-state index in [0.29, 0.717) is 19.1 Å². The summed E-state index contributed by atoms with van der Waals surface area (Å²) in [5.74, 6) is 3.22. The molecule has 0 aromatic rings. The van der Waals surface area contributed by atoms with Gasteiger partial charge in [0.25, 0.3) is 0 Å². The lowest BCUT2D eigenvalue weighted by Crippen LogP contribution is -2.61. The van der Waals surface area contributed by atoms with Gasteiger partial charge in [-0.25, -0.2) is 0 Å². The Kier molecular flexibility index (Phi) is 4.79. The topological polar surface area (TPSA) is 59.3 Å². The molecule has 1 saturated heterocycles. The van der Waals surface area contributed by atoms with Gasteiger partial charge >= 0.3 is 0 Å². The maximum Gasteiger partial charge on any atom is 0.196 e. The lowest BCUT2D eigenvalue weighted by Gasteiger charge is -2.63. The first kappa shape index (κ1) is 21.6. The highest BCUT2D eigenvalue weighted by atomic mass is 28.3. The van der Waals surface area contributed by atoms with Crippen LogP contribution in [0.25, 0.3) is 0 Å². The molecule has 1 heterocycles. The normalized spacial score (nSPS) is 36.6. The molecule has 2 saturated carbocycles. The maximum atomic E-state index is 12.8. The highest BCUT2D eigenvalue weighted by Gasteiger charge is 2.66. The molecule has 5 heteroatoms. The SMILES string of the molecule is CC1(C)[C@@H]2CC[C@@]3(C#C[Si](C)(C)C)C=C(C#N)C(=O)C=C3[C@@]2(C)CCC12OCCO2. The highest BCUT2D eigenvalue weighted by molar-refractivity contribution is 6.83. The van der Waals surface area contributed by atoms with Gasteiger partial charge in [-0.2, -0.15) is 5.26 Å². The van der Waals surface area contributed by atoms with Gasteiger partial charge in [-0.05, 0) is 48.3 Å². The minimum atomic E-state index is -1.62. The number of nitrogens with zero attached hydrogens (tertiary/aromatic N) is 1. The molecule has 4 aliphatic rings. The van der Waals surface area contributed by atoms with Gasteiger partial charge in [-0.15, -0.1) is 5.54 Å². The van der Waals surface area contributed by atoms with E-state index in [0.717, 1.165) is 31.3 Å². The molecule has 4 nitrogen and oxygen atoms in total. The second-order valence-corrected chi connectivity index (χ2v) is 16.0. The van der Waals surface area contributed by atoms with Gasteiger partial charge in [-0.1, -0.05) is 46.3 Å². The molecule has 0 aromatic carbocycles. The molecular formula is C25H33NO3Si.